The zero-order valence-electron chi connectivity index (χ0n) is 13.2. The maximum Gasteiger partial charge on any atom is 0.0507 e. The quantitative estimate of drug-likeness (QED) is 0.642. The molecule has 0 bridgehead atoms. The number of hydrogen-bond acceptors (Lipinski definition) is 1. The molecule has 0 aliphatic heterocycles. The van der Waals surface area contributed by atoms with Crippen molar-refractivity contribution in [2.45, 2.75) is 25.7 Å². The molecule has 108 valence electrons. The predicted molar refractivity (Wildman–Crippen MR) is 93.2 cm³/mol. The molecule has 0 amide bonds. The molecule has 0 fully saturated rings. The van der Waals surface area contributed by atoms with Crippen LogP contribution in [-0.2, 0) is 13.1 Å². The molecule has 0 atom stereocenters. The Morgan fingerprint density at radius 3 is 2.67 bits per heavy atom. The lowest BCUT2D eigenvalue weighted by molar-refractivity contribution is 0.969. The fourth-order valence-corrected chi connectivity index (χ4v) is 4.08. The lowest BCUT2D eigenvalue weighted by Gasteiger charge is -2.17. The van der Waals surface area contributed by atoms with Gasteiger partial charge in [0.25, 0.3) is 0 Å². The SMILES string of the molecule is Cn1ccc2cc(-c3cccnc3C[Si](C)(C)C)ccc21. The van der Waals surface area contributed by atoms with Gasteiger partial charge in [0.2, 0.25) is 0 Å². The van der Waals surface area contributed by atoms with Crippen molar-refractivity contribution >= 4 is 19.0 Å². The average molecular weight is 294 g/mol. The largest absolute Gasteiger partial charge is 0.351 e. The van der Waals surface area contributed by atoms with Crippen LogP contribution in [0.1, 0.15) is 5.69 Å². The number of aromatic nitrogens is 2. The molecule has 3 heteroatoms. The van der Waals surface area contributed by atoms with Crippen LogP contribution in [0.25, 0.3) is 22.0 Å². The van der Waals surface area contributed by atoms with E-state index in [0.29, 0.717) is 0 Å². The van der Waals surface area contributed by atoms with Crippen LogP contribution in [0, 0.1) is 0 Å². The van der Waals surface area contributed by atoms with Gasteiger partial charge in [-0.3, -0.25) is 4.98 Å². The Morgan fingerprint density at radius 1 is 1.10 bits per heavy atom. The van der Waals surface area contributed by atoms with Crippen LogP contribution >= 0.6 is 0 Å². The molecular weight excluding hydrogens is 272 g/mol. The highest BCUT2D eigenvalue weighted by atomic mass is 28.3. The maximum absolute atomic E-state index is 4.66. The number of rotatable bonds is 3. The first-order valence-corrected chi connectivity index (χ1v) is 11.1. The molecule has 0 saturated heterocycles. The monoisotopic (exact) mass is 294 g/mol. The molecule has 0 radical (unpaired) electrons. The summed E-state index contributed by atoms with van der Waals surface area (Å²) in [7, 11) is 0.908. The van der Waals surface area contributed by atoms with E-state index >= 15 is 0 Å². The van der Waals surface area contributed by atoms with E-state index in [0.717, 1.165) is 6.04 Å². The topological polar surface area (TPSA) is 17.8 Å². The average Bonchev–Trinajstić information content (AvgIpc) is 2.79. The van der Waals surface area contributed by atoms with Gasteiger partial charge in [-0.05, 0) is 35.9 Å². The Morgan fingerprint density at radius 2 is 1.90 bits per heavy atom. The van der Waals surface area contributed by atoms with Crippen molar-refractivity contribution in [3.63, 3.8) is 0 Å². The van der Waals surface area contributed by atoms with Crippen molar-refractivity contribution in [2.75, 3.05) is 0 Å². The van der Waals surface area contributed by atoms with Gasteiger partial charge in [0.05, 0.1) is 8.07 Å². The Kier molecular flexibility index (Phi) is 3.45. The lowest BCUT2D eigenvalue weighted by Crippen LogP contribution is -2.24. The van der Waals surface area contributed by atoms with E-state index in [9.17, 15) is 0 Å². The van der Waals surface area contributed by atoms with Crippen LogP contribution < -0.4 is 0 Å². The summed E-state index contributed by atoms with van der Waals surface area (Å²) in [5, 5.41) is 1.29. The zero-order chi connectivity index (χ0) is 15.0. The highest BCUT2D eigenvalue weighted by Crippen LogP contribution is 2.28. The van der Waals surface area contributed by atoms with Crippen LogP contribution in [0.4, 0.5) is 0 Å². The third kappa shape index (κ3) is 2.93. The van der Waals surface area contributed by atoms with E-state index < -0.39 is 8.07 Å². The standard InChI is InChI=1S/C18H22N2Si/c1-20-11-9-15-12-14(7-8-18(15)20)16-6-5-10-19-17(16)13-21(2,3)4/h5-12H,13H2,1-4H3. The molecule has 2 heterocycles. The molecule has 0 aliphatic carbocycles. The van der Waals surface area contributed by atoms with Crippen LogP contribution in [0.15, 0.2) is 48.8 Å². The molecule has 1 aromatic carbocycles. The maximum atomic E-state index is 4.66. The molecule has 3 rings (SSSR count). The number of fused-ring (bicyclic) bond motifs is 1. The molecule has 0 saturated carbocycles. The summed E-state index contributed by atoms with van der Waals surface area (Å²) >= 11 is 0. The second-order valence-corrected chi connectivity index (χ2v) is 12.4. The van der Waals surface area contributed by atoms with Crippen molar-refractivity contribution in [3.05, 3.63) is 54.5 Å². The first kappa shape index (κ1) is 14.1. The third-order valence-corrected chi connectivity index (χ3v) is 5.18. The van der Waals surface area contributed by atoms with Crippen LogP contribution in [0.5, 0.6) is 0 Å². The molecular formula is C18H22N2Si. The van der Waals surface area contributed by atoms with Crippen LogP contribution in [0.2, 0.25) is 19.6 Å². The Labute approximate surface area is 127 Å². The van der Waals surface area contributed by atoms with Crippen LogP contribution in [0.3, 0.4) is 0 Å². The minimum absolute atomic E-state index is 1.12. The Balaban J connectivity index is 2.09. The summed E-state index contributed by atoms with van der Waals surface area (Å²) in [6.45, 7) is 7.18. The Bertz CT molecular complexity index is 781. The van der Waals surface area contributed by atoms with E-state index in [4.69, 9.17) is 0 Å². The van der Waals surface area contributed by atoms with Gasteiger partial charge in [-0.2, -0.15) is 0 Å². The van der Waals surface area contributed by atoms with E-state index in [1.54, 1.807) is 0 Å². The number of benzene rings is 1. The first-order valence-electron chi connectivity index (χ1n) is 7.43. The minimum Gasteiger partial charge on any atom is -0.351 e. The van der Waals surface area contributed by atoms with Gasteiger partial charge in [-0.25, -0.2) is 0 Å². The minimum atomic E-state index is -1.18. The van der Waals surface area contributed by atoms with E-state index in [-0.39, 0.29) is 0 Å². The molecule has 0 spiro atoms. The van der Waals surface area contributed by atoms with Crippen molar-refractivity contribution in [1.82, 2.24) is 9.55 Å². The molecule has 3 aromatic rings. The zero-order valence-corrected chi connectivity index (χ0v) is 14.2. The number of pyridine rings is 1. The second-order valence-electron chi connectivity index (χ2n) is 6.94. The molecule has 0 unspecified atom stereocenters. The van der Waals surface area contributed by atoms with Gasteiger partial charge < -0.3 is 4.57 Å². The number of aryl methyl sites for hydroxylation is 1. The molecule has 21 heavy (non-hydrogen) atoms. The van der Waals surface area contributed by atoms with Gasteiger partial charge in [-0.15, -0.1) is 0 Å². The van der Waals surface area contributed by atoms with Crippen molar-refractivity contribution < 1.29 is 0 Å². The van der Waals surface area contributed by atoms with E-state index in [2.05, 4.69) is 72.8 Å². The molecule has 0 aliphatic rings. The highest BCUT2D eigenvalue weighted by Gasteiger charge is 2.17. The summed E-state index contributed by atoms with van der Waals surface area (Å²) in [4.78, 5) is 4.66. The van der Waals surface area contributed by atoms with E-state index in [1.807, 2.05) is 12.3 Å². The summed E-state index contributed by atoms with van der Waals surface area (Å²) in [6, 6.07) is 14.2. The summed E-state index contributed by atoms with van der Waals surface area (Å²) in [6.07, 6.45) is 4.03. The molecule has 0 N–H and O–H groups in total. The Hall–Kier alpha value is -1.87. The van der Waals surface area contributed by atoms with Crippen LogP contribution in [-0.4, -0.2) is 17.6 Å². The summed E-state index contributed by atoms with van der Waals surface area (Å²) < 4.78 is 2.16. The third-order valence-electron chi connectivity index (χ3n) is 3.78. The van der Waals surface area contributed by atoms with Gasteiger partial charge >= 0.3 is 0 Å². The fraction of sp³-hybridized carbons (Fsp3) is 0.278. The van der Waals surface area contributed by atoms with Crippen molar-refractivity contribution in [2.24, 2.45) is 7.05 Å². The fourth-order valence-electron chi connectivity index (χ4n) is 2.79. The lowest BCUT2D eigenvalue weighted by atomic mass is 10.0. The first-order chi connectivity index (χ1) is 9.94. The molecule has 2 nitrogen and oxygen atoms in total. The van der Waals surface area contributed by atoms with E-state index in [1.165, 1.54) is 27.7 Å². The van der Waals surface area contributed by atoms with Gasteiger partial charge in [-0.1, -0.05) is 31.8 Å². The summed E-state index contributed by atoms with van der Waals surface area (Å²) in [5.74, 6) is 0. The second kappa shape index (κ2) is 5.15. The predicted octanol–water partition coefficient (Wildman–Crippen LogP) is 4.66. The molecule has 2 aromatic heterocycles. The number of nitrogens with zero attached hydrogens (tertiary/aromatic N) is 2. The van der Waals surface area contributed by atoms with Crippen molar-refractivity contribution in [3.8, 4) is 11.1 Å². The normalized spacial score (nSPS) is 12.0. The number of hydrogen-bond donors (Lipinski definition) is 0. The smallest absolute Gasteiger partial charge is 0.0507 e. The van der Waals surface area contributed by atoms with Gasteiger partial charge in [0, 0.05) is 41.6 Å². The van der Waals surface area contributed by atoms with Crippen molar-refractivity contribution in [1.29, 1.82) is 0 Å². The summed E-state index contributed by atoms with van der Waals surface area (Å²) in [5.41, 5.74) is 5.07. The van der Waals surface area contributed by atoms with Gasteiger partial charge in [0.15, 0.2) is 0 Å². The highest BCUT2D eigenvalue weighted by molar-refractivity contribution is 6.75. The van der Waals surface area contributed by atoms with Gasteiger partial charge in [0.1, 0.15) is 0 Å².